The molecular formula is C20H21N3O2. The quantitative estimate of drug-likeness (QED) is 0.622. The molecule has 5 nitrogen and oxygen atoms in total. The smallest absolute Gasteiger partial charge is 0.266 e. The number of carbonyl (C=O) groups excluding carboxylic acids is 1. The van der Waals surface area contributed by atoms with Gasteiger partial charge in [-0.1, -0.05) is 18.2 Å². The molecule has 0 unspecified atom stereocenters. The second kappa shape index (κ2) is 8.55. The number of hydrogen-bond donors (Lipinski definition) is 2. The molecule has 0 spiro atoms. The summed E-state index contributed by atoms with van der Waals surface area (Å²) >= 11 is 0. The van der Waals surface area contributed by atoms with E-state index in [-0.39, 0.29) is 11.3 Å². The summed E-state index contributed by atoms with van der Waals surface area (Å²) in [6, 6.07) is 16.0. The molecule has 0 aliphatic heterocycles. The average molecular weight is 335 g/mol. The van der Waals surface area contributed by atoms with Gasteiger partial charge < -0.3 is 15.3 Å². The Labute approximate surface area is 147 Å². The highest BCUT2D eigenvalue weighted by Crippen LogP contribution is 2.26. The highest BCUT2D eigenvalue weighted by atomic mass is 16.3. The number of anilines is 2. The van der Waals surface area contributed by atoms with E-state index < -0.39 is 5.91 Å². The van der Waals surface area contributed by atoms with E-state index in [4.69, 9.17) is 0 Å². The molecule has 2 N–H and O–H groups in total. The van der Waals surface area contributed by atoms with E-state index in [1.807, 2.05) is 32.0 Å². The highest BCUT2D eigenvalue weighted by molar-refractivity contribution is 6.09. The number of phenols is 1. The van der Waals surface area contributed by atoms with E-state index in [2.05, 4.69) is 10.2 Å². The molecule has 25 heavy (non-hydrogen) atoms. The molecule has 0 atom stereocenters. The van der Waals surface area contributed by atoms with E-state index in [0.29, 0.717) is 11.3 Å². The number of nitrogens with one attached hydrogen (secondary N) is 1. The third kappa shape index (κ3) is 4.61. The number of carbonyl (C=O) groups is 1. The molecule has 2 rings (SSSR count). The lowest BCUT2D eigenvalue weighted by Crippen LogP contribution is -2.21. The van der Waals surface area contributed by atoms with Gasteiger partial charge in [-0.05, 0) is 44.2 Å². The second-order valence-corrected chi connectivity index (χ2v) is 5.41. The number of nitrogens with zero attached hydrogens (tertiary/aromatic N) is 2. The van der Waals surface area contributed by atoms with Crippen molar-refractivity contribution < 1.29 is 9.90 Å². The minimum Gasteiger partial charge on any atom is -0.507 e. The van der Waals surface area contributed by atoms with Crippen LogP contribution in [0, 0.1) is 11.3 Å². The zero-order chi connectivity index (χ0) is 18.2. The van der Waals surface area contributed by atoms with Gasteiger partial charge in [0, 0.05) is 36.1 Å². The highest BCUT2D eigenvalue weighted by Gasteiger charge is 2.12. The van der Waals surface area contributed by atoms with Crippen LogP contribution < -0.4 is 10.2 Å². The summed E-state index contributed by atoms with van der Waals surface area (Å²) in [6.07, 6.45) is 1.39. The molecule has 0 radical (unpaired) electrons. The van der Waals surface area contributed by atoms with Crippen LogP contribution in [0.3, 0.4) is 0 Å². The summed E-state index contributed by atoms with van der Waals surface area (Å²) in [5.74, 6) is -0.481. The number of nitriles is 1. The van der Waals surface area contributed by atoms with Crippen molar-refractivity contribution >= 4 is 23.4 Å². The summed E-state index contributed by atoms with van der Waals surface area (Å²) in [6.45, 7) is 5.73. The molecule has 2 aromatic rings. The Hall–Kier alpha value is -3.26. The molecule has 0 fully saturated rings. The van der Waals surface area contributed by atoms with E-state index in [1.54, 1.807) is 36.4 Å². The van der Waals surface area contributed by atoms with Crippen LogP contribution in [0.25, 0.3) is 6.08 Å². The van der Waals surface area contributed by atoms with Crippen LogP contribution >= 0.6 is 0 Å². The number of phenolic OH excluding ortho intramolecular Hbond substituents is 1. The van der Waals surface area contributed by atoms with Crippen molar-refractivity contribution in [3.8, 4) is 11.8 Å². The summed E-state index contributed by atoms with van der Waals surface area (Å²) in [4.78, 5) is 14.3. The van der Waals surface area contributed by atoms with Gasteiger partial charge in [-0.25, -0.2) is 0 Å². The first-order valence-corrected chi connectivity index (χ1v) is 8.15. The van der Waals surface area contributed by atoms with Gasteiger partial charge in [-0.2, -0.15) is 5.26 Å². The molecule has 2 aromatic carbocycles. The molecule has 0 saturated heterocycles. The molecule has 128 valence electrons. The maximum atomic E-state index is 12.2. The Morgan fingerprint density at radius 1 is 1.20 bits per heavy atom. The second-order valence-electron chi connectivity index (χ2n) is 5.41. The van der Waals surface area contributed by atoms with Crippen LogP contribution in [0.5, 0.6) is 5.75 Å². The molecule has 5 heteroatoms. The van der Waals surface area contributed by atoms with Crippen LogP contribution in [0.4, 0.5) is 11.4 Å². The predicted octanol–water partition coefficient (Wildman–Crippen LogP) is 3.78. The molecule has 1 amide bonds. The van der Waals surface area contributed by atoms with Crippen molar-refractivity contribution in [3.63, 3.8) is 0 Å². The zero-order valence-electron chi connectivity index (χ0n) is 14.4. The van der Waals surface area contributed by atoms with Crippen LogP contribution in [0.15, 0.2) is 54.1 Å². The number of amides is 1. The fourth-order valence-corrected chi connectivity index (χ4v) is 2.46. The first-order valence-electron chi connectivity index (χ1n) is 8.15. The largest absolute Gasteiger partial charge is 0.507 e. The number of aromatic hydroxyl groups is 1. The number of benzene rings is 2. The Morgan fingerprint density at radius 3 is 2.44 bits per heavy atom. The Kier molecular flexibility index (Phi) is 6.19. The predicted molar refractivity (Wildman–Crippen MR) is 100 cm³/mol. The first-order chi connectivity index (χ1) is 12.1. The number of rotatable bonds is 6. The fraction of sp³-hybridized carbons (Fsp3) is 0.200. The van der Waals surface area contributed by atoms with Crippen LogP contribution in [0.1, 0.15) is 19.4 Å². The SMILES string of the molecule is CCN(CC)c1ccc(/C=C(\C#N)C(=O)Nc2ccccc2)c(O)c1. The summed E-state index contributed by atoms with van der Waals surface area (Å²) < 4.78 is 0. The van der Waals surface area contributed by atoms with Crippen molar-refractivity contribution in [2.45, 2.75) is 13.8 Å². The van der Waals surface area contributed by atoms with Gasteiger partial charge in [0.2, 0.25) is 0 Å². The molecule has 0 aromatic heterocycles. The standard InChI is InChI=1S/C20H21N3O2/c1-3-23(4-2)18-11-10-15(19(24)13-18)12-16(14-21)20(25)22-17-8-6-5-7-9-17/h5-13,24H,3-4H2,1-2H3,(H,22,25)/b16-12+. The molecule has 0 heterocycles. The zero-order valence-corrected chi connectivity index (χ0v) is 14.4. The van der Waals surface area contributed by atoms with Gasteiger partial charge in [-0.15, -0.1) is 0 Å². The molecule has 0 saturated carbocycles. The normalized spacial score (nSPS) is 10.8. The van der Waals surface area contributed by atoms with Gasteiger partial charge in [0.25, 0.3) is 5.91 Å². The van der Waals surface area contributed by atoms with Crippen molar-refractivity contribution in [1.29, 1.82) is 5.26 Å². The lowest BCUT2D eigenvalue weighted by Gasteiger charge is -2.21. The Bertz CT molecular complexity index is 803. The van der Waals surface area contributed by atoms with Crippen molar-refractivity contribution in [2.75, 3.05) is 23.3 Å². The maximum Gasteiger partial charge on any atom is 0.266 e. The third-order valence-corrected chi connectivity index (χ3v) is 3.84. The number of hydrogen-bond acceptors (Lipinski definition) is 4. The minimum absolute atomic E-state index is 0.0321. The monoisotopic (exact) mass is 335 g/mol. The topological polar surface area (TPSA) is 76.4 Å². The summed E-state index contributed by atoms with van der Waals surface area (Å²) in [5, 5.41) is 22.2. The fourth-order valence-electron chi connectivity index (χ4n) is 2.46. The van der Waals surface area contributed by atoms with Crippen LogP contribution in [-0.4, -0.2) is 24.1 Å². The Morgan fingerprint density at radius 2 is 1.88 bits per heavy atom. The maximum absolute atomic E-state index is 12.2. The third-order valence-electron chi connectivity index (χ3n) is 3.84. The lowest BCUT2D eigenvalue weighted by atomic mass is 10.1. The van der Waals surface area contributed by atoms with E-state index in [0.717, 1.165) is 18.8 Å². The van der Waals surface area contributed by atoms with Gasteiger partial charge in [0.05, 0.1) is 0 Å². The summed E-state index contributed by atoms with van der Waals surface area (Å²) in [7, 11) is 0. The minimum atomic E-state index is -0.513. The summed E-state index contributed by atoms with van der Waals surface area (Å²) in [5.41, 5.74) is 1.85. The molecular weight excluding hydrogens is 314 g/mol. The van der Waals surface area contributed by atoms with E-state index in [9.17, 15) is 15.2 Å². The van der Waals surface area contributed by atoms with E-state index in [1.165, 1.54) is 6.08 Å². The average Bonchev–Trinajstić information content (AvgIpc) is 2.63. The van der Waals surface area contributed by atoms with Gasteiger partial charge in [0.15, 0.2) is 0 Å². The molecule has 0 aliphatic carbocycles. The molecule has 0 aliphatic rings. The molecule has 0 bridgehead atoms. The van der Waals surface area contributed by atoms with E-state index >= 15 is 0 Å². The van der Waals surface area contributed by atoms with Crippen molar-refractivity contribution in [2.24, 2.45) is 0 Å². The van der Waals surface area contributed by atoms with Crippen molar-refractivity contribution in [3.05, 3.63) is 59.7 Å². The Balaban J connectivity index is 2.24. The van der Waals surface area contributed by atoms with Gasteiger partial charge in [0.1, 0.15) is 17.4 Å². The van der Waals surface area contributed by atoms with Gasteiger partial charge >= 0.3 is 0 Å². The van der Waals surface area contributed by atoms with Crippen LogP contribution in [-0.2, 0) is 4.79 Å². The van der Waals surface area contributed by atoms with Crippen LogP contribution in [0.2, 0.25) is 0 Å². The van der Waals surface area contributed by atoms with Gasteiger partial charge in [-0.3, -0.25) is 4.79 Å². The lowest BCUT2D eigenvalue weighted by molar-refractivity contribution is -0.112. The number of para-hydroxylation sites is 1. The van der Waals surface area contributed by atoms with Crippen molar-refractivity contribution in [1.82, 2.24) is 0 Å². The first kappa shape index (κ1) is 18.1.